The van der Waals surface area contributed by atoms with Crippen LogP contribution in [0.2, 0.25) is 0 Å². The van der Waals surface area contributed by atoms with Gasteiger partial charge in [0.15, 0.2) is 0 Å². The van der Waals surface area contributed by atoms with E-state index in [0.29, 0.717) is 12.2 Å². The minimum atomic E-state index is -0.360. The summed E-state index contributed by atoms with van der Waals surface area (Å²) >= 11 is 0. The smallest absolute Gasteiger partial charge is 0.329 e. The monoisotopic (exact) mass is 450 g/mol. The Morgan fingerprint density at radius 3 is 2.33 bits per heavy atom. The number of anilines is 1. The van der Waals surface area contributed by atoms with E-state index in [9.17, 15) is 9.59 Å². The Morgan fingerprint density at radius 2 is 1.64 bits per heavy atom. The number of methoxy groups -OCH3 is 2. The summed E-state index contributed by atoms with van der Waals surface area (Å²) in [5.74, 6) is 1.35. The van der Waals surface area contributed by atoms with Gasteiger partial charge in [0.25, 0.3) is 5.91 Å². The summed E-state index contributed by atoms with van der Waals surface area (Å²) in [6.07, 6.45) is 2.43. The number of nitrogens with one attached hydrogen (secondary N) is 1. The van der Waals surface area contributed by atoms with Gasteiger partial charge in [0, 0.05) is 32.7 Å². The molecule has 8 heteroatoms. The Bertz CT molecular complexity index is 1010. The third-order valence-corrected chi connectivity index (χ3v) is 6.04. The average Bonchev–Trinajstić information content (AvgIpc) is 3.12. The number of carbonyl (C=O) groups is 2. The fourth-order valence-electron chi connectivity index (χ4n) is 4.20. The molecule has 33 heavy (non-hydrogen) atoms. The van der Waals surface area contributed by atoms with Crippen molar-refractivity contribution in [2.24, 2.45) is 0 Å². The number of rotatable bonds is 8. The minimum Gasteiger partial charge on any atom is -0.497 e. The van der Waals surface area contributed by atoms with Crippen LogP contribution in [-0.4, -0.2) is 75.2 Å². The second kappa shape index (κ2) is 10.4. The Morgan fingerprint density at radius 1 is 0.909 bits per heavy atom. The normalized spacial score (nSPS) is 18.1. The lowest BCUT2D eigenvalue weighted by atomic mass is 10.2. The highest BCUT2D eigenvalue weighted by molar-refractivity contribution is 6.13. The number of ether oxygens (including phenoxy) is 2. The van der Waals surface area contributed by atoms with Crippen LogP contribution < -0.4 is 19.7 Å². The van der Waals surface area contributed by atoms with E-state index in [-0.39, 0.29) is 11.9 Å². The van der Waals surface area contributed by atoms with E-state index in [1.165, 1.54) is 4.90 Å². The molecule has 0 spiro atoms. The summed E-state index contributed by atoms with van der Waals surface area (Å²) < 4.78 is 10.6. The molecule has 1 N–H and O–H groups in total. The molecule has 8 nitrogen and oxygen atoms in total. The van der Waals surface area contributed by atoms with Crippen molar-refractivity contribution in [3.05, 3.63) is 59.8 Å². The van der Waals surface area contributed by atoms with Crippen molar-refractivity contribution in [3.8, 4) is 11.5 Å². The number of hydrogen-bond donors (Lipinski definition) is 1. The second-order valence-corrected chi connectivity index (χ2v) is 8.07. The van der Waals surface area contributed by atoms with Gasteiger partial charge in [0.1, 0.15) is 17.2 Å². The molecule has 174 valence electrons. The van der Waals surface area contributed by atoms with Crippen LogP contribution in [0.1, 0.15) is 12.0 Å². The molecule has 3 amide bonds. The summed E-state index contributed by atoms with van der Waals surface area (Å²) in [6, 6.07) is 15.0. The molecule has 0 aliphatic carbocycles. The molecule has 2 heterocycles. The zero-order valence-corrected chi connectivity index (χ0v) is 19.1. The summed E-state index contributed by atoms with van der Waals surface area (Å²) in [5.41, 5.74) is 2.25. The summed E-state index contributed by atoms with van der Waals surface area (Å²) in [4.78, 5) is 31.0. The summed E-state index contributed by atoms with van der Waals surface area (Å²) in [7, 11) is 3.30. The number of imide groups is 1. The number of urea groups is 1. The predicted molar refractivity (Wildman–Crippen MR) is 127 cm³/mol. The number of piperazine rings is 1. The van der Waals surface area contributed by atoms with Crippen LogP contribution in [-0.2, 0) is 4.79 Å². The van der Waals surface area contributed by atoms with Gasteiger partial charge in [0.05, 0.1) is 19.9 Å². The maximum Gasteiger partial charge on any atom is 0.329 e. The fourth-order valence-corrected chi connectivity index (χ4v) is 4.20. The van der Waals surface area contributed by atoms with Crippen LogP contribution in [0.15, 0.2) is 54.2 Å². The molecular formula is C25H30N4O4. The van der Waals surface area contributed by atoms with E-state index < -0.39 is 0 Å². The summed E-state index contributed by atoms with van der Waals surface area (Å²) in [6.45, 7) is 4.93. The van der Waals surface area contributed by atoms with Crippen molar-refractivity contribution in [3.63, 3.8) is 0 Å². The van der Waals surface area contributed by atoms with Gasteiger partial charge in [-0.25, -0.2) is 4.79 Å². The Kier molecular flexibility index (Phi) is 7.14. The van der Waals surface area contributed by atoms with Crippen molar-refractivity contribution < 1.29 is 19.1 Å². The highest BCUT2D eigenvalue weighted by atomic mass is 16.5. The first-order chi connectivity index (χ1) is 16.1. The molecule has 2 fully saturated rings. The number of para-hydroxylation sites is 2. The molecule has 2 aliphatic rings. The quantitative estimate of drug-likeness (QED) is 0.493. The number of carbonyl (C=O) groups excluding carboxylic acids is 2. The van der Waals surface area contributed by atoms with Crippen LogP contribution in [0, 0.1) is 0 Å². The van der Waals surface area contributed by atoms with Crippen molar-refractivity contribution >= 4 is 23.7 Å². The molecule has 2 saturated heterocycles. The molecule has 0 aromatic heterocycles. The van der Waals surface area contributed by atoms with Gasteiger partial charge in [-0.15, -0.1) is 0 Å². The lowest BCUT2D eigenvalue weighted by molar-refractivity contribution is -0.122. The van der Waals surface area contributed by atoms with E-state index in [2.05, 4.69) is 21.2 Å². The molecule has 0 saturated carbocycles. The van der Waals surface area contributed by atoms with Gasteiger partial charge < -0.3 is 19.7 Å². The van der Waals surface area contributed by atoms with Gasteiger partial charge in [-0.3, -0.25) is 14.6 Å². The standard InChI is InChI=1S/C25H30N4O4/c1-32-20-10-8-19(9-11-20)18-21-24(30)29(25(31)26-21)13-5-12-27-14-16-28(17-15-27)22-6-3-4-7-23(22)33-2/h3-4,6-11,18H,5,12-17H2,1-2H3,(H,26,31)/b21-18-. The van der Waals surface area contributed by atoms with Crippen LogP contribution >= 0.6 is 0 Å². The first-order valence-corrected chi connectivity index (χ1v) is 11.2. The number of benzene rings is 2. The molecule has 2 aromatic carbocycles. The highest BCUT2D eigenvalue weighted by Gasteiger charge is 2.33. The topological polar surface area (TPSA) is 74.3 Å². The van der Waals surface area contributed by atoms with Crippen LogP contribution in [0.3, 0.4) is 0 Å². The molecule has 0 bridgehead atoms. The van der Waals surface area contributed by atoms with E-state index in [1.54, 1.807) is 20.3 Å². The molecule has 4 rings (SSSR count). The molecule has 0 atom stereocenters. The first-order valence-electron chi connectivity index (χ1n) is 11.2. The van der Waals surface area contributed by atoms with E-state index in [0.717, 1.165) is 61.9 Å². The SMILES string of the molecule is COc1ccc(/C=C2\NC(=O)N(CCCN3CCN(c4ccccc4OC)CC3)C2=O)cc1. The zero-order chi connectivity index (χ0) is 23.2. The number of nitrogens with zero attached hydrogens (tertiary/aromatic N) is 3. The van der Waals surface area contributed by atoms with Crippen molar-refractivity contribution in [1.82, 2.24) is 15.1 Å². The number of hydrogen-bond acceptors (Lipinski definition) is 6. The fraction of sp³-hybridized carbons (Fsp3) is 0.360. The molecule has 2 aliphatic heterocycles. The maximum absolute atomic E-state index is 12.7. The number of amides is 3. The van der Waals surface area contributed by atoms with Gasteiger partial charge >= 0.3 is 6.03 Å². The van der Waals surface area contributed by atoms with Crippen molar-refractivity contribution in [2.45, 2.75) is 6.42 Å². The third-order valence-electron chi connectivity index (χ3n) is 6.04. The van der Waals surface area contributed by atoms with Crippen LogP contribution in [0.4, 0.5) is 10.5 Å². The van der Waals surface area contributed by atoms with Gasteiger partial charge in [0.2, 0.25) is 0 Å². The lowest BCUT2D eigenvalue weighted by Gasteiger charge is -2.36. The van der Waals surface area contributed by atoms with E-state index in [4.69, 9.17) is 9.47 Å². The largest absolute Gasteiger partial charge is 0.497 e. The van der Waals surface area contributed by atoms with Crippen LogP contribution in [0.5, 0.6) is 11.5 Å². The zero-order valence-electron chi connectivity index (χ0n) is 19.1. The van der Waals surface area contributed by atoms with Gasteiger partial charge in [-0.2, -0.15) is 0 Å². The Hall–Kier alpha value is -3.52. The van der Waals surface area contributed by atoms with Gasteiger partial charge in [-0.1, -0.05) is 24.3 Å². The lowest BCUT2D eigenvalue weighted by Crippen LogP contribution is -2.47. The second-order valence-electron chi connectivity index (χ2n) is 8.07. The van der Waals surface area contributed by atoms with Crippen molar-refractivity contribution in [2.75, 3.05) is 58.4 Å². The van der Waals surface area contributed by atoms with E-state index in [1.807, 2.05) is 42.5 Å². The highest BCUT2D eigenvalue weighted by Crippen LogP contribution is 2.28. The third kappa shape index (κ3) is 5.28. The predicted octanol–water partition coefficient (Wildman–Crippen LogP) is 2.81. The average molecular weight is 451 g/mol. The van der Waals surface area contributed by atoms with Crippen LogP contribution in [0.25, 0.3) is 6.08 Å². The molecule has 0 unspecified atom stereocenters. The van der Waals surface area contributed by atoms with Gasteiger partial charge in [-0.05, 0) is 48.9 Å². The molecular weight excluding hydrogens is 420 g/mol. The Balaban J connectivity index is 1.25. The molecule has 0 radical (unpaired) electrons. The van der Waals surface area contributed by atoms with Crippen molar-refractivity contribution in [1.29, 1.82) is 0 Å². The Labute approximate surface area is 194 Å². The molecule has 2 aromatic rings. The maximum atomic E-state index is 12.7. The minimum absolute atomic E-state index is 0.281. The first kappa shape index (κ1) is 22.7. The van der Waals surface area contributed by atoms with E-state index >= 15 is 0 Å². The summed E-state index contributed by atoms with van der Waals surface area (Å²) in [5, 5.41) is 2.69.